The second kappa shape index (κ2) is 5.58. The summed E-state index contributed by atoms with van der Waals surface area (Å²) in [6.45, 7) is 0. The van der Waals surface area contributed by atoms with Crippen LogP contribution in [0.25, 0.3) is 11.0 Å². The van der Waals surface area contributed by atoms with Crippen LogP contribution in [0.3, 0.4) is 0 Å². The Morgan fingerprint density at radius 2 is 1.77 bits per heavy atom. The molecule has 2 aromatic carbocycles. The summed E-state index contributed by atoms with van der Waals surface area (Å²) in [5, 5.41) is 0.673. The minimum atomic E-state index is -3.96. The van der Waals surface area contributed by atoms with E-state index in [0.29, 0.717) is 9.86 Å². The Hall–Kier alpha value is -2.12. The van der Waals surface area contributed by atoms with E-state index in [1.807, 2.05) is 0 Å². The van der Waals surface area contributed by atoms with Gasteiger partial charge in [0.15, 0.2) is 0 Å². The molecule has 0 saturated carbocycles. The Balaban J connectivity index is 2.00. The van der Waals surface area contributed by atoms with Crippen molar-refractivity contribution in [2.24, 2.45) is 0 Å². The van der Waals surface area contributed by atoms with Crippen LogP contribution in [0.15, 0.2) is 73.2 Å². The lowest BCUT2D eigenvalue weighted by Gasteiger charge is -2.07. The third-order valence-electron chi connectivity index (χ3n) is 2.89. The van der Waals surface area contributed by atoms with Gasteiger partial charge in [-0.2, -0.15) is 8.42 Å². The predicted octanol–water partition coefficient (Wildman–Crippen LogP) is 3.32. The summed E-state index contributed by atoms with van der Waals surface area (Å²) in [7, 11) is -3.96. The predicted molar refractivity (Wildman–Crippen MR) is 84.4 cm³/mol. The lowest BCUT2D eigenvalue weighted by atomic mass is 10.2. The first-order valence-corrected chi connectivity index (χ1v) is 8.38. The van der Waals surface area contributed by atoms with Gasteiger partial charge >= 0.3 is 15.7 Å². The highest BCUT2D eigenvalue weighted by Crippen LogP contribution is 2.24. The van der Waals surface area contributed by atoms with Crippen molar-refractivity contribution in [1.29, 1.82) is 0 Å². The van der Waals surface area contributed by atoms with Crippen LogP contribution in [0.5, 0.6) is 5.75 Å². The maximum absolute atomic E-state index is 12.2. The van der Waals surface area contributed by atoms with Gasteiger partial charge in [0.1, 0.15) is 16.2 Å². The molecule has 1 aromatic heterocycles. The van der Waals surface area contributed by atoms with Gasteiger partial charge in [-0.15, -0.1) is 0 Å². The van der Waals surface area contributed by atoms with Gasteiger partial charge in [-0.25, -0.2) is 4.79 Å². The highest BCUT2D eigenvalue weighted by molar-refractivity contribution is 9.10. The van der Waals surface area contributed by atoms with Crippen molar-refractivity contribution in [3.63, 3.8) is 0 Å². The number of hydrogen-bond acceptors (Lipinski definition) is 5. The lowest BCUT2D eigenvalue weighted by molar-refractivity contribution is 0.485. The first-order chi connectivity index (χ1) is 10.4. The number of fused-ring (bicyclic) bond motifs is 1. The number of benzene rings is 2. The Bertz CT molecular complexity index is 1010. The molecule has 0 fully saturated rings. The monoisotopic (exact) mass is 380 g/mol. The van der Waals surface area contributed by atoms with Crippen LogP contribution in [0.2, 0.25) is 0 Å². The van der Waals surface area contributed by atoms with Crippen LogP contribution in [-0.2, 0) is 10.1 Å². The first kappa shape index (κ1) is 14.8. The lowest BCUT2D eigenvalue weighted by Crippen LogP contribution is -2.09. The summed E-state index contributed by atoms with van der Waals surface area (Å²) in [6, 6.07) is 13.5. The summed E-state index contributed by atoms with van der Waals surface area (Å²) in [4.78, 5) is 11.2. The van der Waals surface area contributed by atoms with E-state index in [1.165, 1.54) is 30.3 Å². The molecule has 0 aliphatic rings. The van der Waals surface area contributed by atoms with Crippen LogP contribution >= 0.6 is 15.9 Å². The van der Waals surface area contributed by atoms with Gasteiger partial charge in [-0.3, -0.25) is 0 Å². The van der Waals surface area contributed by atoms with E-state index < -0.39 is 15.7 Å². The molecule has 0 saturated heterocycles. The fourth-order valence-corrected chi connectivity index (χ4v) is 3.41. The number of hydrogen-bond donors (Lipinski definition) is 0. The largest absolute Gasteiger partial charge is 0.423 e. The van der Waals surface area contributed by atoms with Crippen molar-refractivity contribution in [3.05, 3.63) is 69.5 Å². The van der Waals surface area contributed by atoms with Gasteiger partial charge in [0.25, 0.3) is 0 Å². The van der Waals surface area contributed by atoms with Crippen LogP contribution < -0.4 is 9.81 Å². The average molecular weight is 381 g/mol. The van der Waals surface area contributed by atoms with E-state index in [9.17, 15) is 13.2 Å². The molecular formula is C15H9BrO5S. The molecular weight excluding hydrogens is 372 g/mol. The van der Waals surface area contributed by atoms with Gasteiger partial charge in [0.05, 0.1) is 0 Å². The van der Waals surface area contributed by atoms with Gasteiger partial charge < -0.3 is 8.60 Å². The van der Waals surface area contributed by atoms with E-state index in [2.05, 4.69) is 15.9 Å². The maximum atomic E-state index is 12.2. The van der Waals surface area contributed by atoms with Crippen molar-refractivity contribution in [1.82, 2.24) is 0 Å². The van der Waals surface area contributed by atoms with E-state index in [1.54, 1.807) is 24.3 Å². The van der Waals surface area contributed by atoms with Crippen molar-refractivity contribution in [2.45, 2.75) is 4.90 Å². The summed E-state index contributed by atoms with van der Waals surface area (Å²) in [5.74, 6) is 0.0711. The molecule has 0 spiro atoms. The van der Waals surface area contributed by atoms with Crippen molar-refractivity contribution >= 4 is 37.0 Å². The summed E-state index contributed by atoms with van der Waals surface area (Å²) in [6.07, 6.45) is 0. The Morgan fingerprint density at radius 1 is 1.00 bits per heavy atom. The van der Waals surface area contributed by atoms with Crippen LogP contribution in [-0.4, -0.2) is 8.42 Å². The molecule has 3 aromatic rings. The van der Waals surface area contributed by atoms with Crippen molar-refractivity contribution in [3.8, 4) is 5.75 Å². The average Bonchev–Trinajstić information content (AvgIpc) is 2.46. The SMILES string of the molecule is O=c1ccc2ccc(OS(=O)(=O)c3cccc(Br)c3)cc2o1. The second-order valence-electron chi connectivity index (χ2n) is 4.45. The zero-order valence-electron chi connectivity index (χ0n) is 11.0. The number of halogens is 1. The fourth-order valence-electron chi connectivity index (χ4n) is 1.89. The molecule has 0 N–H and O–H groups in total. The molecule has 3 rings (SSSR count). The smallest absolute Gasteiger partial charge is 0.339 e. The molecule has 7 heteroatoms. The zero-order valence-corrected chi connectivity index (χ0v) is 13.4. The van der Waals surface area contributed by atoms with Gasteiger partial charge in [-0.05, 0) is 36.4 Å². The summed E-state index contributed by atoms with van der Waals surface area (Å²) < 4.78 is 35.2. The highest BCUT2D eigenvalue weighted by Gasteiger charge is 2.17. The van der Waals surface area contributed by atoms with Crippen LogP contribution in [0.1, 0.15) is 0 Å². The Labute approximate surface area is 134 Å². The highest BCUT2D eigenvalue weighted by atomic mass is 79.9. The standard InChI is InChI=1S/C15H9BrO5S/c16-11-2-1-3-13(8-11)22(18,19)21-12-6-4-10-5-7-15(17)20-14(10)9-12/h1-9H. The third-order valence-corrected chi connectivity index (χ3v) is 4.62. The molecule has 0 radical (unpaired) electrons. The molecule has 1 heterocycles. The zero-order chi connectivity index (χ0) is 15.7. The van der Waals surface area contributed by atoms with Crippen molar-refractivity contribution < 1.29 is 17.0 Å². The van der Waals surface area contributed by atoms with Crippen molar-refractivity contribution in [2.75, 3.05) is 0 Å². The quantitative estimate of drug-likeness (QED) is 0.514. The molecule has 0 atom stereocenters. The minimum absolute atomic E-state index is 0.0245. The topological polar surface area (TPSA) is 73.6 Å². The second-order valence-corrected chi connectivity index (χ2v) is 6.91. The Morgan fingerprint density at radius 3 is 2.55 bits per heavy atom. The third kappa shape index (κ3) is 3.05. The van der Waals surface area contributed by atoms with Crippen LogP contribution in [0.4, 0.5) is 0 Å². The summed E-state index contributed by atoms with van der Waals surface area (Å²) in [5.41, 5.74) is -0.256. The van der Waals surface area contributed by atoms with E-state index in [4.69, 9.17) is 8.60 Å². The summed E-state index contributed by atoms with van der Waals surface area (Å²) >= 11 is 3.21. The Kier molecular flexibility index (Phi) is 3.76. The number of rotatable bonds is 3. The first-order valence-electron chi connectivity index (χ1n) is 6.18. The van der Waals surface area contributed by atoms with Crippen LogP contribution in [0, 0.1) is 0 Å². The fraction of sp³-hybridized carbons (Fsp3) is 0. The van der Waals surface area contributed by atoms with E-state index >= 15 is 0 Å². The minimum Gasteiger partial charge on any atom is -0.423 e. The molecule has 112 valence electrons. The molecule has 0 amide bonds. The van der Waals surface area contributed by atoms with Gasteiger partial charge in [0, 0.05) is 22.0 Å². The molecule has 0 aliphatic carbocycles. The maximum Gasteiger partial charge on any atom is 0.339 e. The molecule has 0 unspecified atom stereocenters. The normalized spacial score (nSPS) is 11.5. The van der Waals surface area contributed by atoms with E-state index in [0.717, 1.165) is 0 Å². The molecule has 0 bridgehead atoms. The van der Waals surface area contributed by atoms with Gasteiger partial charge in [0.2, 0.25) is 0 Å². The molecule has 5 nitrogen and oxygen atoms in total. The molecule has 0 aliphatic heterocycles. The van der Waals surface area contributed by atoms with E-state index in [-0.39, 0.29) is 16.2 Å². The van der Waals surface area contributed by atoms with Gasteiger partial charge in [-0.1, -0.05) is 22.0 Å². The molecule has 22 heavy (non-hydrogen) atoms.